The zero-order valence-electron chi connectivity index (χ0n) is 13.8. The summed E-state index contributed by atoms with van der Waals surface area (Å²) < 4.78 is 5.09. The van der Waals surface area contributed by atoms with Gasteiger partial charge >= 0.3 is 6.09 Å². The highest BCUT2D eigenvalue weighted by Gasteiger charge is 2.09. The van der Waals surface area contributed by atoms with E-state index in [2.05, 4.69) is 5.32 Å². The second-order valence-electron chi connectivity index (χ2n) is 5.29. The number of ether oxygens (including phenoxy) is 1. The first-order valence-electron chi connectivity index (χ1n) is 7.45. The summed E-state index contributed by atoms with van der Waals surface area (Å²) in [5.74, 6) is 0. The lowest BCUT2D eigenvalue weighted by Crippen LogP contribution is -2.25. The van der Waals surface area contributed by atoms with Crippen molar-refractivity contribution in [3.05, 3.63) is 70.3 Å². The van der Waals surface area contributed by atoms with Crippen molar-refractivity contribution in [1.82, 2.24) is 4.90 Å². The predicted molar refractivity (Wildman–Crippen MR) is 98.1 cm³/mol. The fraction of sp³-hybridized carbons (Fsp3) is 0.235. The van der Waals surface area contributed by atoms with Gasteiger partial charge < -0.3 is 4.74 Å². The Hall–Kier alpha value is -2.64. The Balaban J connectivity index is 0.00000312. The molecule has 0 heterocycles. The summed E-state index contributed by atoms with van der Waals surface area (Å²) in [6.45, 7) is 1.57. The molecular formula is C17H20ClN3O4. The molecule has 0 saturated heterocycles. The summed E-state index contributed by atoms with van der Waals surface area (Å²) in [5.41, 5.74) is 1.42. The summed E-state index contributed by atoms with van der Waals surface area (Å²) in [4.78, 5) is 23.9. The number of benzene rings is 2. The van der Waals surface area contributed by atoms with Gasteiger partial charge in [0.1, 0.15) is 6.61 Å². The average molecular weight is 366 g/mol. The molecule has 0 radical (unpaired) electrons. The zero-order valence-corrected chi connectivity index (χ0v) is 14.6. The van der Waals surface area contributed by atoms with Gasteiger partial charge in [0.25, 0.3) is 5.69 Å². The standard InChI is InChI=1S/C17H19N3O4.ClH/c1-19(13-14-6-3-2-4-7-14)10-11-24-17(21)18-15-8-5-9-16(12-15)20(22)23;/h2-9,12H,10-11,13H2,1H3,(H,18,21);1H. The van der Waals surface area contributed by atoms with E-state index in [0.29, 0.717) is 12.2 Å². The highest BCUT2D eigenvalue weighted by molar-refractivity contribution is 5.85. The maximum Gasteiger partial charge on any atom is 0.411 e. The van der Waals surface area contributed by atoms with Crippen molar-refractivity contribution in [3.8, 4) is 0 Å². The molecule has 1 amide bonds. The monoisotopic (exact) mass is 365 g/mol. The van der Waals surface area contributed by atoms with E-state index in [1.54, 1.807) is 6.07 Å². The molecule has 0 aromatic heterocycles. The second kappa shape index (κ2) is 10.3. The molecule has 0 aliphatic heterocycles. The van der Waals surface area contributed by atoms with Crippen molar-refractivity contribution in [2.24, 2.45) is 0 Å². The first kappa shape index (κ1) is 20.4. The minimum atomic E-state index is -0.636. The molecule has 0 spiro atoms. The van der Waals surface area contributed by atoms with Gasteiger partial charge in [-0.2, -0.15) is 0 Å². The Bertz CT molecular complexity index is 697. The predicted octanol–water partition coefficient (Wildman–Crippen LogP) is 3.70. The summed E-state index contributed by atoms with van der Waals surface area (Å²) >= 11 is 0. The number of hydrogen-bond acceptors (Lipinski definition) is 5. The minimum Gasteiger partial charge on any atom is -0.448 e. The van der Waals surface area contributed by atoms with E-state index in [1.807, 2.05) is 42.3 Å². The molecule has 0 saturated carbocycles. The fourth-order valence-electron chi connectivity index (χ4n) is 2.12. The van der Waals surface area contributed by atoms with E-state index >= 15 is 0 Å². The van der Waals surface area contributed by atoms with E-state index in [4.69, 9.17) is 4.74 Å². The van der Waals surface area contributed by atoms with Crippen molar-refractivity contribution in [3.63, 3.8) is 0 Å². The minimum absolute atomic E-state index is 0. The molecule has 0 unspecified atom stereocenters. The first-order valence-corrected chi connectivity index (χ1v) is 7.45. The van der Waals surface area contributed by atoms with Crippen LogP contribution >= 0.6 is 12.4 Å². The number of nitrogens with zero attached hydrogens (tertiary/aromatic N) is 2. The van der Waals surface area contributed by atoms with Crippen LogP contribution in [0.2, 0.25) is 0 Å². The second-order valence-corrected chi connectivity index (χ2v) is 5.29. The lowest BCUT2D eigenvalue weighted by molar-refractivity contribution is -0.384. The summed E-state index contributed by atoms with van der Waals surface area (Å²) in [6, 6.07) is 15.7. The van der Waals surface area contributed by atoms with Gasteiger partial charge in [0, 0.05) is 25.2 Å². The van der Waals surface area contributed by atoms with Gasteiger partial charge in [-0.05, 0) is 18.7 Å². The lowest BCUT2D eigenvalue weighted by atomic mass is 10.2. The number of nitro groups is 1. The van der Waals surface area contributed by atoms with E-state index in [0.717, 1.165) is 6.54 Å². The number of rotatable bonds is 7. The maximum atomic E-state index is 11.7. The highest BCUT2D eigenvalue weighted by Crippen LogP contribution is 2.17. The van der Waals surface area contributed by atoms with Crippen molar-refractivity contribution in [1.29, 1.82) is 0 Å². The summed E-state index contributed by atoms with van der Waals surface area (Å²) in [7, 11) is 1.94. The smallest absolute Gasteiger partial charge is 0.411 e. The fourth-order valence-corrected chi connectivity index (χ4v) is 2.12. The van der Waals surface area contributed by atoms with Gasteiger partial charge in [0.2, 0.25) is 0 Å². The van der Waals surface area contributed by atoms with Crippen LogP contribution in [-0.2, 0) is 11.3 Å². The van der Waals surface area contributed by atoms with Crippen LogP contribution in [0.3, 0.4) is 0 Å². The highest BCUT2D eigenvalue weighted by atomic mass is 35.5. The van der Waals surface area contributed by atoms with Gasteiger partial charge in [0.15, 0.2) is 0 Å². The van der Waals surface area contributed by atoms with Crippen molar-refractivity contribution in [2.45, 2.75) is 6.54 Å². The van der Waals surface area contributed by atoms with Crippen LogP contribution in [-0.4, -0.2) is 36.1 Å². The van der Waals surface area contributed by atoms with Crippen LogP contribution in [0.1, 0.15) is 5.56 Å². The molecule has 0 bridgehead atoms. The third-order valence-corrected chi connectivity index (χ3v) is 3.30. The lowest BCUT2D eigenvalue weighted by Gasteiger charge is -2.16. The largest absolute Gasteiger partial charge is 0.448 e. The van der Waals surface area contributed by atoms with Crippen molar-refractivity contribution < 1.29 is 14.5 Å². The number of nitrogens with one attached hydrogen (secondary N) is 1. The number of hydrogen-bond donors (Lipinski definition) is 1. The van der Waals surface area contributed by atoms with Gasteiger partial charge in [-0.3, -0.25) is 20.3 Å². The topological polar surface area (TPSA) is 84.7 Å². The Morgan fingerprint density at radius 3 is 2.60 bits per heavy atom. The molecular weight excluding hydrogens is 346 g/mol. The zero-order chi connectivity index (χ0) is 17.4. The molecule has 1 N–H and O–H groups in total. The third-order valence-electron chi connectivity index (χ3n) is 3.30. The molecule has 25 heavy (non-hydrogen) atoms. The van der Waals surface area contributed by atoms with E-state index in [-0.39, 0.29) is 24.7 Å². The molecule has 2 rings (SSSR count). The molecule has 7 nitrogen and oxygen atoms in total. The third kappa shape index (κ3) is 7.19. The number of likely N-dealkylation sites (N-methyl/N-ethyl adjacent to an activating group) is 1. The number of halogens is 1. The normalized spacial score (nSPS) is 10.0. The Kier molecular flexibility index (Phi) is 8.38. The van der Waals surface area contributed by atoms with Gasteiger partial charge in [-0.15, -0.1) is 12.4 Å². The number of carbonyl (C=O) groups excluding carboxylic acids is 1. The number of non-ortho nitro benzene ring substituents is 1. The average Bonchev–Trinajstić information content (AvgIpc) is 2.56. The van der Waals surface area contributed by atoms with Crippen LogP contribution in [0, 0.1) is 10.1 Å². The van der Waals surface area contributed by atoms with Crippen LogP contribution in [0.25, 0.3) is 0 Å². The van der Waals surface area contributed by atoms with Crippen LogP contribution in [0.5, 0.6) is 0 Å². The molecule has 0 fully saturated rings. The van der Waals surface area contributed by atoms with Crippen molar-refractivity contribution >= 4 is 29.9 Å². The Labute approximate surface area is 152 Å². The molecule has 0 aliphatic carbocycles. The van der Waals surface area contributed by atoms with E-state index in [1.165, 1.54) is 23.8 Å². The van der Waals surface area contributed by atoms with Crippen molar-refractivity contribution in [2.75, 3.05) is 25.5 Å². The van der Waals surface area contributed by atoms with Crippen LogP contribution in [0.4, 0.5) is 16.2 Å². The number of anilines is 1. The molecule has 134 valence electrons. The number of nitro benzene ring substituents is 1. The quantitative estimate of drug-likeness (QED) is 0.597. The number of amides is 1. The maximum absolute atomic E-state index is 11.7. The molecule has 2 aromatic rings. The van der Waals surface area contributed by atoms with Crippen LogP contribution < -0.4 is 5.32 Å². The molecule has 8 heteroatoms. The Morgan fingerprint density at radius 2 is 1.92 bits per heavy atom. The molecule has 0 atom stereocenters. The number of carbonyl (C=O) groups is 1. The van der Waals surface area contributed by atoms with Gasteiger partial charge in [-0.25, -0.2) is 4.79 Å². The SMILES string of the molecule is CN(CCOC(=O)Nc1cccc([N+](=O)[O-])c1)Cc1ccccc1.Cl. The summed E-state index contributed by atoms with van der Waals surface area (Å²) in [5, 5.41) is 13.2. The van der Waals surface area contributed by atoms with Crippen LogP contribution in [0.15, 0.2) is 54.6 Å². The Morgan fingerprint density at radius 1 is 1.20 bits per heavy atom. The first-order chi connectivity index (χ1) is 11.5. The van der Waals surface area contributed by atoms with Gasteiger partial charge in [0.05, 0.1) is 10.6 Å². The molecule has 2 aromatic carbocycles. The summed E-state index contributed by atoms with van der Waals surface area (Å²) in [6.07, 6.45) is -0.636. The molecule has 0 aliphatic rings. The van der Waals surface area contributed by atoms with E-state index < -0.39 is 11.0 Å². The van der Waals surface area contributed by atoms with E-state index in [9.17, 15) is 14.9 Å². The van der Waals surface area contributed by atoms with Gasteiger partial charge in [-0.1, -0.05) is 36.4 Å².